The first kappa shape index (κ1) is 14.9. The second-order valence-electron chi connectivity index (χ2n) is 4.14. The smallest absolute Gasteiger partial charge is 0.296 e. The van der Waals surface area contributed by atoms with Gasteiger partial charge in [-0.1, -0.05) is 13.0 Å². The number of aromatic hydroxyl groups is 1. The highest BCUT2D eigenvalue weighted by Crippen LogP contribution is 2.33. The zero-order valence-electron chi connectivity index (χ0n) is 10.8. The van der Waals surface area contributed by atoms with Crippen LogP contribution in [0.2, 0.25) is 0 Å². The molecule has 0 fully saturated rings. The van der Waals surface area contributed by atoms with Crippen LogP contribution in [0.1, 0.15) is 20.3 Å². The number of nitrogens with one attached hydrogen (secondary N) is 2. The fourth-order valence-electron chi connectivity index (χ4n) is 1.70. The summed E-state index contributed by atoms with van der Waals surface area (Å²) >= 11 is 0. The molecule has 0 aliphatic rings. The normalized spacial score (nSPS) is 11.9. The van der Waals surface area contributed by atoms with E-state index in [2.05, 4.69) is 10.6 Å². The number of para-hydroxylation sites is 1. The fraction of sp³-hybridized carbons (Fsp3) is 0.417. The lowest BCUT2D eigenvalue weighted by Crippen LogP contribution is -2.30. The van der Waals surface area contributed by atoms with Crippen molar-refractivity contribution in [2.24, 2.45) is 0 Å². The Morgan fingerprint density at radius 1 is 1.53 bits per heavy atom. The highest BCUT2D eigenvalue weighted by molar-refractivity contribution is 5.95. The van der Waals surface area contributed by atoms with Crippen LogP contribution in [0.5, 0.6) is 5.75 Å². The maximum Gasteiger partial charge on any atom is 0.296 e. The Morgan fingerprint density at radius 3 is 2.79 bits per heavy atom. The van der Waals surface area contributed by atoms with Gasteiger partial charge in [0.1, 0.15) is 5.75 Å². The van der Waals surface area contributed by atoms with Crippen molar-refractivity contribution in [3.8, 4) is 5.75 Å². The van der Waals surface area contributed by atoms with Crippen molar-refractivity contribution in [3.63, 3.8) is 0 Å². The molecule has 0 saturated heterocycles. The fourth-order valence-corrected chi connectivity index (χ4v) is 1.70. The van der Waals surface area contributed by atoms with E-state index >= 15 is 0 Å². The van der Waals surface area contributed by atoms with Crippen LogP contribution in [0.15, 0.2) is 18.2 Å². The third-order valence-corrected chi connectivity index (χ3v) is 2.53. The van der Waals surface area contributed by atoms with Crippen LogP contribution in [0.25, 0.3) is 0 Å². The molecule has 104 valence electrons. The summed E-state index contributed by atoms with van der Waals surface area (Å²) in [7, 11) is 0. The topological polar surface area (TPSA) is 104 Å². The molecule has 1 aromatic rings. The third-order valence-electron chi connectivity index (χ3n) is 2.53. The SMILES string of the molecule is CCNC(C)CC(=O)Nc1c(O)cccc1[N+](=O)[O-]. The monoisotopic (exact) mass is 267 g/mol. The molecule has 3 N–H and O–H groups in total. The maximum absolute atomic E-state index is 11.7. The molecule has 0 radical (unpaired) electrons. The maximum atomic E-state index is 11.7. The van der Waals surface area contributed by atoms with Crippen molar-refractivity contribution in [1.29, 1.82) is 0 Å². The van der Waals surface area contributed by atoms with Gasteiger partial charge in [-0.2, -0.15) is 0 Å². The minimum atomic E-state index is -0.650. The molecule has 0 heterocycles. The van der Waals surface area contributed by atoms with Crippen molar-refractivity contribution in [3.05, 3.63) is 28.3 Å². The highest BCUT2D eigenvalue weighted by Gasteiger charge is 2.20. The van der Waals surface area contributed by atoms with Crippen LogP contribution < -0.4 is 10.6 Å². The molecule has 1 unspecified atom stereocenters. The summed E-state index contributed by atoms with van der Waals surface area (Å²) in [5.41, 5.74) is -0.495. The van der Waals surface area contributed by atoms with E-state index < -0.39 is 10.8 Å². The minimum absolute atomic E-state index is 0.0464. The minimum Gasteiger partial charge on any atom is -0.505 e. The Morgan fingerprint density at radius 2 is 2.21 bits per heavy atom. The summed E-state index contributed by atoms with van der Waals surface area (Å²) in [5, 5.41) is 25.8. The van der Waals surface area contributed by atoms with Crippen LogP contribution in [0.3, 0.4) is 0 Å². The second kappa shape index (κ2) is 6.69. The Labute approximate surface area is 110 Å². The van der Waals surface area contributed by atoms with Crippen LogP contribution in [0, 0.1) is 10.1 Å². The quantitative estimate of drug-likeness (QED) is 0.413. The number of nitro groups is 1. The van der Waals surface area contributed by atoms with E-state index in [-0.39, 0.29) is 29.6 Å². The Balaban J connectivity index is 2.82. The van der Waals surface area contributed by atoms with Crippen molar-refractivity contribution in [1.82, 2.24) is 5.32 Å². The van der Waals surface area contributed by atoms with Crippen LogP contribution >= 0.6 is 0 Å². The molecule has 0 aliphatic heterocycles. The Kier molecular flexibility index (Phi) is 5.25. The van der Waals surface area contributed by atoms with E-state index in [1.807, 2.05) is 13.8 Å². The van der Waals surface area contributed by atoms with E-state index in [1.54, 1.807) is 0 Å². The molecule has 0 aliphatic carbocycles. The van der Waals surface area contributed by atoms with Gasteiger partial charge in [0.15, 0.2) is 5.69 Å². The van der Waals surface area contributed by atoms with Crippen LogP contribution in [0.4, 0.5) is 11.4 Å². The summed E-state index contributed by atoms with van der Waals surface area (Å²) in [4.78, 5) is 21.9. The van der Waals surface area contributed by atoms with Gasteiger partial charge in [0.2, 0.25) is 5.91 Å². The molecule has 0 aromatic heterocycles. The molecule has 1 atom stereocenters. The molecule has 1 rings (SSSR count). The second-order valence-corrected chi connectivity index (χ2v) is 4.14. The summed E-state index contributed by atoms with van der Waals surface area (Å²) in [6.45, 7) is 4.48. The van der Waals surface area contributed by atoms with Gasteiger partial charge in [-0.25, -0.2) is 0 Å². The number of phenols is 1. The van der Waals surface area contributed by atoms with Crippen molar-refractivity contribution in [2.75, 3.05) is 11.9 Å². The number of carbonyl (C=O) groups is 1. The number of anilines is 1. The number of carbonyl (C=O) groups excluding carboxylic acids is 1. The average Bonchev–Trinajstić information content (AvgIpc) is 2.31. The molecule has 0 saturated carbocycles. The van der Waals surface area contributed by atoms with E-state index in [0.29, 0.717) is 0 Å². The molecule has 1 amide bonds. The predicted molar refractivity (Wildman–Crippen MR) is 71.1 cm³/mol. The summed E-state index contributed by atoms with van der Waals surface area (Å²) in [6, 6.07) is 3.82. The summed E-state index contributed by atoms with van der Waals surface area (Å²) in [5.74, 6) is -0.711. The van der Waals surface area contributed by atoms with Gasteiger partial charge in [0.05, 0.1) is 4.92 Å². The van der Waals surface area contributed by atoms with Crippen molar-refractivity contribution >= 4 is 17.3 Å². The van der Waals surface area contributed by atoms with Crippen molar-refractivity contribution in [2.45, 2.75) is 26.3 Å². The first-order valence-corrected chi connectivity index (χ1v) is 5.95. The van der Waals surface area contributed by atoms with Gasteiger partial charge < -0.3 is 15.7 Å². The zero-order valence-corrected chi connectivity index (χ0v) is 10.8. The van der Waals surface area contributed by atoms with Gasteiger partial charge in [-0.3, -0.25) is 14.9 Å². The predicted octanol–water partition coefficient (Wildman–Crippen LogP) is 1.63. The number of hydrogen-bond donors (Lipinski definition) is 3. The highest BCUT2D eigenvalue weighted by atomic mass is 16.6. The lowest BCUT2D eigenvalue weighted by molar-refractivity contribution is -0.384. The zero-order chi connectivity index (χ0) is 14.4. The number of rotatable bonds is 6. The molecule has 7 heteroatoms. The number of phenolic OH excluding ortho intramolecular Hbond substituents is 1. The molecule has 1 aromatic carbocycles. The standard InChI is InChI=1S/C12H17N3O4/c1-3-13-8(2)7-11(17)14-12-9(15(18)19)5-4-6-10(12)16/h4-6,8,13,16H,3,7H2,1-2H3,(H,14,17). The molecule has 7 nitrogen and oxygen atoms in total. The number of hydrogen-bond acceptors (Lipinski definition) is 5. The van der Waals surface area contributed by atoms with Gasteiger partial charge >= 0.3 is 0 Å². The first-order chi connectivity index (χ1) is 8.95. The number of benzene rings is 1. The molecule has 0 spiro atoms. The lowest BCUT2D eigenvalue weighted by Gasteiger charge is -2.12. The summed E-state index contributed by atoms with van der Waals surface area (Å²) < 4.78 is 0. The number of nitrogens with zero attached hydrogens (tertiary/aromatic N) is 1. The number of amides is 1. The van der Waals surface area contributed by atoms with Gasteiger partial charge in [0, 0.05) is 18.5 Å². The summed E-state index contributed by atoms with van der Waals surface area (Å²) in [6.07, 6.45) is 0.166. The van der Waals surface area contributed by atoms with Gasteiger partial charge in [-0.15, -0.1) is 0 Å². The Bertz CT molecular complexity index is 476. The largest absolute Gasteiger partial charge is 0.505 e. The van der Waals surface area contributed by atoms with E-state index in [1.165, 1.54) is 18.2 Å². The lowest BCUT2D eigenvalue weighted by atomic mass is 10.2. The van der Waals surface area contributed by atoms with Crippen LogP contribution in [-0.4, -0.2) is 28.5 Å². The van der Waals surface area contributed by atoms with Gasteiger partial charge in [-0.05, 0) is 19.5 Å². The van der Waals surface area contributed by atoms with Crippen molar-refractivity contribution < 1.29 is 14.8 Å². The number of nitro benzene ring substituents is 1. The van der Waals surface area contributed by atoms with E-state index in [9.17, 15) is 20.0 Å². The molecule has 19 heavy (non-hydrogen) atoms. The molecule has 0 bridgehead atoms. The Hall–Kier alpha value is -2.15. The average molecular weight is 267 g/mol. The third kappa shape index (κ3) is 4.22. The van der Waals surface area contributed by atoms with E-state index in [0.717, 1.165) is 6.54 Å². The van der Waals surface area contributed by atoms with Gasteiger partial charge in [0.25, 0.3) is 5.69 Å². The molecular weight excluding hydrogens is 250 g/mol. The van der Waals surface area contributed by atoms with Crippen LogP contribution in [-0.2, 0) is 4.79 Å². The molecular formula is C12H17N3O4. The van der Waals surface area contributed by atoms with E-state index in [4.69, 9.17) is 0 Å². The first-order valence-electron chi connectivity index (χ1n) is 5.95.